The Hall–Kier alpha value is -0.610. The van der Waals surface area contributed by atoms with Crippen LogP contribution in [0.4, 0.5) is 0 Å². The molecule has 1 aliphatic heterocycles. The van der Waals surface area contributed by atoms with Gasteiger partial charge in [-0.25, -0.2) is 0 Å². The fourth-order valence-electron chi connectivity index (χ4n) is 1.79. The third kappa shape index (κ3) is 4.18. The molecule has 1 aliphatic rings. The van der Waals surface area contributed by atoms with E-state index in [1.54, 1.807) is 0 Å². The summed E-state index contributed by atoms with van der Waals surface area (Å²) in [4.78, 5) is 10.4. The number of ether oxygens (including phenoxy) is 2. The number of hydrogen-bond acceptors (Lipinski definition) is 3. The zero-order valence-electron chi connectivity index (χ0n) is 9.44. The minimum Gasteiger partial charge on any atom is -0.481 e. The lowest BCUT2D eigenvalue weighted by Gasteiger charge is -2.24. The van der Waals surface area contributed by atoms with Crippen molar-refractivity contribution in [1.29, 1.82) is 0 Å². The van der Waals surface area contributed by atoms with Crippen molar-refractivity contribution in [2.75, 3.05) is 13.2 Å². The lowest BCUT2D eigenvalue weighted by atomic mass is 9.90. The van der Waals surface area contributed by atoms with Crippen molar-refractivity contribution in [2.45, 2.75) is 39.4 Å². The topological polar surface area (TPSA) is 55.8 Å². The molecule has 1 N–H and O–H groups in total. The molecule has 0 bridgehead atoms. The Morgan fingerprint density at radius 1 is 1.40 bits per heavy atom. The maximum atomic E-state index is 10.4. The minimum atomic E-state index is -0.719. The van der Waals surface area contributed by atoms with Crippen LogP contribution in [0.3, 0.4) is 0 Å². The summed E-state index contributed by atoms with van der Waals surface area (Å²) in [5.74, 6) is 0.0527. The molecular weight excluding hydrogens is 196 g/mol. The maximum Gasteiger partial charge on any atom is 0.303 e. The van der Waals surface area contributed by atoms with Crippen molar-refractivity contribution in [2.24, 2.45) is 11.8 Å². The number of aliphatic carboxylic acids is 1. The van der Waals surface area contributed by atoms with Crippen LogP contribution in [0.25, 0.3) is 0 Å². The van der Waals surface area contributed by atoms with Gasteiger partial charge < -0.3 is 14.6 Å². The first-order chi connectivity index (χ1) is 7.11. The van der Waals surface area contributed by atoms with Crippen molar-refractivity contribution in [3.63, 3.8) is 0 Å². The lowest BCUT2D eigenvalue weighted by molar-refractivity contribution is -0.137. The van der Waals surface area contributed by atoms with Crippen molar-refractivity contribution in [1.82, 2.24) is 0 Å². The molecule has 1 heterocycles. The zero-order chi connectivity index (χ0) is 11.3. The quantitative estimate of drug-likeness (QED) is 0.736. The largest absolute Gasteiger partial charge is 0.481 e. The molecule has 0 radical (unpaired) electrons. The molecule has 4 heteroatoms. The summed E-state index contributed by atoms with van der Waals surface area (Å²) in [6, 6.07) is 0. The zero-order valence-corrected chi connectivity index (χ0v) is 9.44. The van der Waals surface area contributed by atoms with E-state index in [-0.39, 0.29) is 12.7 Å². The summed E-state index contributed by atoms with van der Waals surface area (Å²) in [7, 11) is 0. The van der Waals surface area contributed by atoms with Gasteiger partial charge in [0.1, 0.15) is 0 Å². The number of rotatable bonds is 6. The Labute approximate surface area is 90.6 Å². The first-order valence-corrected chi connectivity index (χ1v) is 5.56. The van der Waals surface area contributed by atoms with Gasteiger partial charge in [-0.3, -0.25) is 4.79 Å². The van der Waals surface area contributed by atoms with Crippen LogP contribution in [0.2, 0.25) is 0 Å². The second-order valence-electron chi connectivity index (χ2n) is 4.23. The third-order valence-electron chi connectivity index (χ3n) is 3.02. The summed E-state index contributed by atoms with van der Waals surface area (Å²) in [5.41, 5.74) is 0. The predicted octanol–water partition coefficient (Wildman–Crippen LogP) is 1.89. The number of carboxylic acid groups (broad SMARTS) is 1. The summed E-state index contributed by atoms with van der Waals surface area (Å²) < 4.78 is 10.8. The first kappa shape index (κ1) is 12.5. The lowest BCUT2D eigenvalue weighted by Crippen LogP contribution is -2.24. The molecule has 1 fully saturated rings. The van der Waals surface area contributed by atoms with Crippen molar-refractivity contribution in [3.05, 3.63) is 0 Å². The molecule has 0 aromatic carbocycles. The highest BCUT2D eigenvalue weighted by atomic mass is 16.7. The van der Waals surface area contributed by atoms with Gasteiger partial charge >= 0.3 is 5.97 Å². The molecule has 2 unspecified atom stereocenters. The van der Waals surface area contributed by atoms with Crippen molar-refractivity contribution in [3.8, 4) is 0 Å². The van der Waals surface area contributed by atoms with Crippen molar-refractivity contribution >= 4 is 5.97 Å². The van der Waals surface area contributed by atoms with E-state index in [0.717, 1.165) is 12.8 Å². The Balaban J connectivity index is 2.19. The predicted molar refractivity (Wildman–Crippen MR) is 55.5 cm³/mol. The van der Waals surface area contributed by atoms with Crippen LogP contribution < -0.4 is 0 Å². The molecule has 4 nitrogen and oxygen atoms in total. The van der Waals surface area contributed by atoms with Gasteiger partial charge in [0.05, 0.1) is 13.2 Å². The van der Waals surface area contributed by atoms with Gasteiger partial charge in [0.2, 0.25) is 0 Å². The number of carbonyl (C=O) groups is 1. The Bertz CT molecular complexity index is 199. The summed E-state index contributed by atoms with van der Waals surface area (Å²) in [5, 5.41) is 8.53. The standard InChI is InChI=1S/C11H20O4/c1-8(4-3-5-10(12)13)9(2)11-14-6-7-15-11/h8-9,11H,3-7H2,1-2H3,(H,12,13). The van der Waals surface area contributed by atoms with Gasteiger partial charge in [0.15, 0.2) is 6.29 Å². The normalized spacial score (nSPS) is 21.5. The Morgan fingerprint density at radius 2 is 2.00 bits per heavy atom. The fraction of sp³-hybridized carbons (Fsp3) is 0.909. The van der Waals surface area contributed by atoms with E-state index in [1.807, 2.05) is 0 Å². The summed E-state index contributed by atoms with van der Waals surface area (Å²) >= 11 is 0. The van der Waals surface area contributed by atoms with E-state index >= 15 is 0 Å². The number of carboxylic acids is 1. The monoisotopic (exact) mass is 216 g/mol. The van der Waals surface area contributed by atoms with Gasteiger partial charge in [0.25, 0.3) is 0 Å². The van der Waals surface area contributed by atoms with Gasteiger partial charge in [-0.2, -0.15) is 0 Å². The van der Waals surface area contributed by atoms with E-state index in [9.17, 15) is 4.79 Å². The van der Waals surface area contributed by atoms with Crippen LogP contribution in [0.15, 0.2) is 0 Å². The molecule has 1 rings (SSSR count). The molecule has 0 aromatic heterocycles. The van der Waals surface area contributed by atoms with Crippen LogP contribution in [-0.2, 0) is 14.3 Å². The molecule has 88 valence electrons. The third-order valence-corrected chi connectivity index (χ3v) is 3.02. The molecule has 2 atom stereocenters. The number of hydrogen-bond donors (Lipinski definition) is 1. The van der Waals surface area contributed by atoms with Crippen LogP contribution in [0.5, 0.6) is 0 Å². The molecule has 15 heavy (non-hydrogen) atoms. The second kappa shape index (κ2) is 6.08. The van der Waals surface area contributed by atoms with Gasteiger partial charge in [0, 0.05) is 12.3 Å². The highest BCUT2D eigenvalue weighted by Gasteiger charge is 2.27. The van der Waals surface area contributed by atoms with Crippen molar-refractivity contribution < 1.29 is 19.4 Å². The van der Waals surface area contributed by atoms with Gasteiger partial charge in [-0.15, -0.1) is 0 Å². The molecule has 0 aliphatic carbocycles. The minimum absolute atomic E-state index is 0.0928. The molecule has 0 spiro atoms. The molecule has 0 saturated carbocycles. The molecule has 0 amide bonds. The molecule has 0 aromatic rings. The maximum absolute atomic E-state index is 10.4. The highest BCUT2D eigenvalue weighted by Crippen LogP contribution is 2.25. The first-order valence-electron chi connectivity index (χ1n) is 5.56. The fourth-order valence-corrected chi connectivity index (χ4v) is 1.79. The van der Waals surface area contributed by atoms with E-state index in [1.165, 1.54) is 0 Å². The smallest absolute Gasteiger partial charge is 0.303 e. The van der Waals surface area contributed by atoms with E-state index in [4.69, 9.17) is 14.6 Å². The van der Waals surface area contributed by atoms with Crippen LogP contribution in [0.1, 0.15) is 33.1 Å². The van der Waals surface area contributed by atoms with Crippen LogP contribution >= 0.6 is 0 Å². The van der Waals surface area contributed by atoms with Crippen LogP contribution in [0, 0.1) is 11.8 Å². The molecular formula is C11H20O4. The van der Waals surface area contributed by atoms with Gasteiger partial charge in [-0.1, -0.05) is 13.8 Å². The SMILES string of the molecule is CC(CCCC(=O)O)C(C)C1OCCO1. The Kier molecular flexibility index (Phi) is 5.05. The van der Waals surface area contributed by atoms with E-state index in [0.29, 0.717) is 25.0 Å². The average Bonchev–Trinajstić information content (AvgIpc) is 2.68. The summed E-state index contributed by atoms with van der Waals surface area (Å²) in [6.45, 7) is 5.58. The van der Waals surface area contributed by atoms with Gasteiger partial charge in [-0.05, 0) is 18.8 Å². The Morgan fingerprint density at radius 3 is 2.53 bits per heavy atom. The second-order valence-corrected chi connectivity index (χ2v) is 4.23. The van der Waals surface area contributed by atoms with Crippen LogP contribution in [-0.4, -0.2) is 30.6 Å². The van der Waals surface area contributed by atoms with E-state index < -0.39 is 5.97 Å². The molecule has 1 saturated heterocycles. The highest BCUT2D eigenvalue weighted by molar-refractivity contribution is 5.66. The average molecular weight is 216 g/mol. The van der Waals surface area contributed by atoms with E-state index in [2.05, 4.69) is 13.8 Å². The summed E-state index contributed by atoms with van der Waals surface area (Å²) in [6.07, 6.45) is 1.80.